The minimum atomic E-state index is -0.671. The molecule has 2 aromatic carbocycles. The number of esters is 1. The van der Waals surface area contributed by atoms with Crippen LogP contribution in [-0.2, 0) is 9.57 Å². The second-order valence-electron chi connectivity index (χ2n) is 6.38. The number of rotatable bonds is 5. The van der Waals surface area contributed by atoms with E-state index in [0.717, 1.165) is 16.9 Å². The molecule has 0 saturated carbocycles. The maximum atomic E-state index is 12.4. The van der Waals surface area contributed by atoms with Gasteiger partial charge in [-0.15, -0.1) is 0 Å². The Morgan fingerprint density at radius 1 is 1.04 bits per heavy atom. The Morgan fingerprint density at radius 3 is 2.43 bits per heavy atom. The number of hydrogen-bond donors (Lipinski definition) is 1. The Bertz CT molecular complexity index is 953. The predicted octanol–water partition coefficient (Wildman–Crippen LogP) is 4.60. The molecule has 4 rings (SSSR count). The minimum absolute atomic E-state index is 0.143. The van der Waals surface area contributed by atoms with E-state index < -0.39 is 12.2 Å². The Hall–Kier alpha value is -3.51. The van der Waals surface area contributed by atoms with Crippen molar-refractivity contribution in [2.24, 2.45) is 0 Å². The molecule has 3 aromatic rings. The van der Waals surface area contributed by atoms with Crippen molar-refractivity contribution < 1.29 is 18.8 Å². The summed E-state index contributed by atoms with van der Waals surface area (Å²) >= 11 is 0. The molecular formula is C22H20N2O4. The molecule has 0 fully saturated rings. The predicted molar refractivity (Wildman–Crippen MR) is 106 cm³/mol. The third-order valence-corrected chi connectivity index (χ3v) is 4.31. The van der Waals surface area contributed by atoms with Crippen LogP contribution in [0.4, 0.5) is 11.4 Å². The van der Waals surface area contributed by atoms with Crippen molar-refractivity contribution in [2.45, 2.75) is 13.2 Å². The van der Waals surface area contributed by atoms with Crippen molar-refractivity contribution in [1.82, 2.24) is 0 Å². The summed E-state index contributed by atoms with van der Waals surface area (Å²) in [5.74, 6) is 0.0117. The number of carbonyl (C=O) groups excluding carboxylic acids is 1. The van der Waals surface area contributed by atoms with E-state index in [1.807, 2.05) is 67.6 Å². The molecule has 142 valence electrons. The third kappa shape index (κ3) is 3.92. The highest BCUT2D eigenvalue weighted by Crippen LogP contribution is 2.28. The number of benzene rings is 2. The van der Waals surface area contributed by atoms with E-state index in [0.29, 0.717) is 12.3 Å². The van der Waals surface area contributed by atoms with E-state index in [4.69, 9.17) is 14.0 Å². The average Bonchev–Trinajstić information content (AvgIpc) is 3.27. The smallest absolute Gasteiger partial charge is 0.379 e. The molecule has 2 heterocycles. The maximum Gasteiger partial charge on any atom is 0.379 e. The van der Waals surface area contributed by atoms with Gasteiger partial charge in [0.15, 0.2) is 5.76 Å². The van der Waals surface area contributed by atoms with Crippen LogP contribution in [0.5, 0.6) is 0 Å². The number of furan rings is 1. The van der Waals surface area contributed by atoms with Crippen LogP contribution in [0, 0.1) is 0 Å². The minimum Gasteiger partial charge on any atom is -0.457 e. The van der Waals surface area contributed by atoms with Crippen molar-refractivity contribution in [3.8, 4) is 0 Å². The normalized spacial score (nSPS) is 16.8. The lowest BCUT2D eigenvalue weighted by Crippen LogP contribution is -2.42. The van der Waals surface area contributed by atoms with Gasteiger partial charge in [-0.3, -0.25) is 0 Å². The van der Waals surface area contributed by atoms with Gasteiger partial charge in [0.25, 0.3) is 0 Å². The number of carbonyl (C=O) groups is 1. The SMILES string of the molecule is CC1=C(OC(=O)c2ccco2)[C@@H](Nc2ccccc2)ON(c2ccccc2)C1. The van der Waals surface area contributed by atoms with Gasteiger partial charge in [-0.2, -0.15) is 0 Å². The summed E-state index contributed by atoms with van der Waals surface area (Å²) in [6.45, 7) is 2.39. The molecule has 0 radical (unpaired) electrons. The molecule has 0 unspecified atom stereocenters. The summed E-state index contributed by atoms with van der Waals surface area (Å²) in [5.41, 5.74) is 2.64. The Kier molecular flexibility index (Phi) is 5.12. The first-order valence-corrected chi connectivity index (χ1v) is 8.97. The molecule has 6 heteroatoms. The van der Waals surface area contributed by atoms with Crippen molar-refractivity contribution >= 4 is 17.3 Å². The van der Waals surface area contributed by atoms with Gasteiger partial charge in [0, 0.05) is 5.69 Å². The fourth-order valence-electron chi connectivity index (χ4n) is 2.94. The van der Waals surface area contributed by atoms with E-state index in [9.17, 15) is 4.79 Å². The van der Waals surface area contributed by atoms with E-state index in [2.05, 4.69) is 5.32 Å². The molecular weight excluding hydrogens is 356 g/mol. The van der Waals surface area contributed by atoms with Gasteiger partial charge < -0.3 is 14.5 Å². The highest BCUT2D eigenvalue weighted by atomic mass is 16.7. The van der Waals surface area contributed by atoms with Crippen LogP contribution in [-0.4, -0.2) is 18.7 Å². The van der Waals surface area contributed by atoms with Gasteiger partial charge in [0.2, 0.25) is 12.0 Å². The van der Waals surface area contributed by atoms with Gasteiger partial charge in [-0.1, -0.05) is 36.4 Å². The molecule has 1 aliphatic rings. The molecule has 1 aromatic heterocycles. The van der Waals surface area contributed by atoms with Gasteiger partial charge in [-0.25, -0.2) is 14.7 Å². The van der Waals surface area contributed by atoms with Crippen LogP contribution in [0.2, 0.25) is 0 Å². The van der Waals surface area contributed by atoms with E-state index in [1.165, 1.54) is 6.26 Å². The zero-order chi connectivity index (χ0) is 19.3. The first kappa shape index (κ1) is 17.9. The average molecular weight is 376 g/mol. The summed E-state index contributed by atoms with van der Waals surface area (Å²) in [4.78, 5) is 18.6. The summed E-state index contributed by atoms with van der Waals surface area (Å²) < 4.78 is 10.8. The molecule has 0 aliphatic carbocycles. The number of anilines is 2. The molecule has 1 aliphatic heterocycles. The van der Waals surface area contributed by atoms with Crippen LogP contribution < -0.4 is 10.4 Å². The Morgan fingerprint density at radius 2 is 1.75 bits per heavy atom. The van der Waals surface area contributed by atoms with Crippen molar-refractivity contribution in [1.29, 1.82) is 0 Å². The van der Waals surface area contributed by atoms with Crippen LogP contribution in [0.25, 0.3) is 0 Å². The molecule has 0 spiro atoms. The van der Waals surface area contributed by atoms with E-state index in [-0.39, 0.29) is 5.76 Å². The number of para-hydroxylation sites is 2. The summed E-state index contributed by atoms with van der Waals surface area (Å²) in [6, 6.07) is 22.6. The molecule has 6 nitrogen and oxygen atoms in total. The number of hydroxylamine groups is 1. The topological polar surface area (TPSA) is 63.9 Å². The standard InChI is InChI=1S/C22H20N2O4/c1-16-15-24(18-11-6-3-7-12-18)28-21(23-17-9-4-2-5-10-17)20(16)27-22(25)19-13-8-14-26-19/h2-14,21,23H,15H2,1H3/t21-/m0/s1. The molecule has 0 amide bonds. The van der Waals surface area contributed by atoms with Crippen LogP contribution in [0.15, 0.2) is 94.8 Å². The molecule has 1 N–H and O–H groups in total. The van der Waals surface area contributed by atoms with Crippen molar-refractivity contribution in [2.75, 3.05) is 16.9 Å². The van der Waals surface area contributed by atoms with E-state index >= 15 is 0 Å². The summed E-state index contributed by atoms with van der Waals surface area (Å²) in [5, 5.41) is 5.06. The number of ether oxygens (including phenoxy) is 1. The van der Waals surface area contributed by atoms with Crippen molar-refractivity contribution in [3.05, 3.63) is 96.2 Å². The number of hydrogen-bond acceptors (Lipinski definition) is 6. The molecule has 0 bridgehead atoms. The van der Waals surface area contributed by atoms with Gasteiger partial charge in [-0.05, 0) is 48.9 Å². The number of nitrogens with one attached hydrogen (secondary N) is 1. The lowest BCUT2D eigenvalue weighted by Gasteiger charge is -2.35. The van der Waals surface area contributed by atoms with Crippen LogP contribution >= 0.6 is 0 Å². The zero-order valence-electron chi connectivity index (χ0n) is 15.4. The maximum absolute atomic E-state index is 12.4. The highest BCUT2D eigenvalue weighted by Gasteiger charge is 2.31. The van der Waals surface area contributed by atoms with Crippen molar-refractivity contribution in [3.63, 3.8) is 0 Å². The first-order valence-electron chi connectivity index (χ1n) is 8.97. The molecule has 28 heavy (non-hydrogen) atoms. The summed E-state index contributed by atoms with van der Waals surface area (Å²) in [7, 11) is 0. The zero-order valence-corrected chi connectivity index (χ0v) is 15.4. The first-order chi connectivity index (χ1) is 13.7. The van der Waals surface area contributed by atoms with E-state index in [1.54, 1.807) is 17.2 Å². The lowest BCUT2D eigenvalue weighted by atomic mass is 10.2. The highest BCUT2D eigenvalue weighted by molar-refractivity contribution is 5.87. The van der Waals surface area contributed by atoms with Gasteiger partial charge >= 0.3 is 5.97 Å². The lowest BCUT2D eigenvalue weighted by molar-refractivity contribution is 0.0134. The quantitative estimate of drug-likeness (QED) is 0.657. The Balaban J connectivity index is 1.62. The summed E-state index contributed by atoms with van der Waals surface area (Å²) in [6.07, 6.45) is 0.766. The third-order valence-electron chi connectivity index (χ3n) is 4.31. The monoisotopic (exact) mass is 376 g/mol. The molecule has 0 saturated heterocycles. The fraction of sp³-hybridized carbons (Fsp3) is 0.136. The molecule has 1 atom stereocenters. The Labute approximate surface area is 162 Å². The second kappa shape index (κ2) is 8.02. The fourth-order valence-corrected chi connectivity index (χ4v) is 2.94. The van der Waals surface area contributed by atoms with Gasteiger partial charge in [0.05, 0.1) is 18.5 Å². The van der Waals surface area contributed by atoms with Gasteiger partial charge in [0.1, 0.15) is 0 Å². The largest absolute Gasteiger partial charge is 0.457 e. The van der Waals surface area contributed by atoms with Crippen LogP contribution in [0.3, 0.4) is 0 Å². The second-order valence-corrected chi connectivity index (χ2v) is 6.38. The number of nitrogens with zero attached hydrogens (tertiary/aromatic N) is 1. The van der Waals surface area contributed by atoms with Crippen LogP contribution in [0.1, 0.15) is 17.5 Å².